The van der Waals surface area contributed by atoms with Gasteiger partial charge in [0.15, 0.2) is 0 Å². The third-order valence-corrected chi connectivity index (χ3v) is 4.42. The van der Waals surface area contributed by atoms with Gasteiger partial charge < -0.3 is 16.2 Å². The molecule has 0 unspecified atom stereocenters. The predicted octanol–water partition coefficient (Wildman–Crippen LogP) is 1.83. The van der Waals surface area contributed by atoms with Gasteiger partial charge in [-0.1, -0.05) is 12.1 Å². The van der Waals surface area contributed by atoms with E-state index in [0.717, 1.165) is 24.8 Å². The van der Waals surface area contributed by atoms with Crippen molar-refractivity contribution in [1.29, 1.82) is 0 Å². The van der Waals surface area contributed by atoms with Crippen molar-refractivity contribution in [3.05, 3.63) is 29.8 Å². The van der Waals surface area contributed by atoms with Crippen molar-refractivity contribution in [2.24, 2.45) is 5.41 Å². The Morgan fingerprint density at radius 2 is 1.95 bits per heavy atom. The third-order valence-electron chi connectivity index (χ3n) is 4.42. The van der Waals surface area contributed by atoms with Crippen molar-refractivity contribution in [2.75, 3.05) is 18.9 Å². The Balaban J connectivity index is 1.98. The SMILES string of the molecule is CC(C)(C(=O)NCC1(CCO)CC1)c1ccc(N)cc1. The molecule has 4 N–H and O–H groups in total. The fourth-order valence-corrected chi connectivity index (χ4v) is 2.45. The van der Waals surface area contributed by atoms with Crippen LogP contribution in [-0.4, -0.2) is 24.2 Å². The van der Waals surface area contributed by atoms with E-state index in [2.05, 4.69) is 5.32 Å². The van der Waals surface area contributed by atoms with E-state index < -0.39 is 5.41 Å². The van der Waals surface area contributed by atoms with Crippen LogP contribution >= 0.6 is 0 Å². The molecule has 0 aliphatic heterocycles. The van der Waals surface area contributed by atoms with Crippen molar-refractivity contribution < 1.29 is 9.90 Å². The van der Waals surface area contributed by atoms with E-state index in [1.165, 1.54) is 0 Å². The summed E-state index contributed by atoms with van der Waals surface area (Å²) in [6, 6.07) is 7.43. The Bertz CT molecular complexity index is 476. The van der Waals surface area contributed by atoms with Crippen LogP contribution in [0.15, 0.2) is 24.3 Å². The minimum atomic E-state index is -0.580. The molecule has 0 atom stereocenters. The smallest absolute Gasteiger partial charge is 0.230 e. The van der Waals surface area contributed by atoms with E-state index >= 15 is 0 Å². The monoisotopic (exact) mass is 276 g/mol. The zero-order chi connectivity index (χ0) is 14.8. The highest BCUT2D eigenvalue weighted by molar-refractivity contribution is 5.87. The molecule has 1 aromatic rings. The highest BCUT2D eigenvalue weighted by Crippen LogP contribution is 2.48. The number of carbonyl (C=O) groups excluding carboxylic acids is 1. The van der Waals surface area contributed by atoms with E-state index in [-0.39, 0.29) is 17.9 Å². The fourth-order valence-electron chi connectivity index (χ4n) is 2.45. The van der Waals surface area contributed by atoms with E-state index in [1.54, 1.807) is 0 Å². The van der Waals surface area contributed by atoms with Gasteiger partial charge in [0.2, 0.25) is 5.91 Å². The van der Waals surface area contributed by atoms with Gasteiger partial charge in [-0.15, -0.1) is 0 Å². The Labute approximate surface area is 120 Å². The second-order valence-electron chi connectivity index (χ2n) is 6.40. The van der Waals surface area contributed by atoms with Gasteiger partial charge in [0, 0.05) is 18.8 Å². The van der Waals surface area contributed by atoms with Crippen LogP contribution in [0.4, 0.5) is 5.69 Å². The van der Waals surface area contributed by atoms with Gasteiger partial charge in [0.1, 0.15) is 0 Å². The van der Waals surface area contributed by atoms with Crippen LogP contribution in [0.3, 0.4) is 0 Å². The number of benzene rings is 1. The maximum absolute atomic E-state index is 12.4. The van der Waals surface area contributed by atoms with Gasteiger partial charge in [-0.05, 0) is 56.2 Å². The molecule has 4 nitrogen and oxygen atoms in total. The first-order chi connectivity index (χ1) is 9.39. The van der Waals surface area contributed by atoms with Gasteiger partial charge in [0.25, 0.3) is 0 Å². The molecule has 2 rings (SSSR count). The summed E-state index contributed by atoms with van der Waals surface area (Å²) in [4.78, 5) is 12.4. The quantitative estimate of drug-likeness (QED) is 0.694. The van der Waals surface area contributed by atoms with Crippen molar-refractivity contribution in [1.82, 2.24) is 5.32 Å². The van der Waals surface area contributed by atoms with Crippen LogP contribution in [0.25, 0.3) is 0 Å². The minimum absolute atomic E-state index is 0.0199. The Hall–Kier alpha value is -1.55. The molecular weight excluding hydrogens is 252 g/mol. The average molecular weight is 276 g/mol. The Morgan fingerprint density at radius 3 is 2.45 bits per heavy atom. The Morgan fingerprint density at radius 1 is 1.35 bits per heavy atom. The maximum Gasteiger partial charge on any atom is 0.230 e. The molecule has 1 aliphatic carbocycles. The molecule has 4 heteroatoms. The molecule has 1 saturated carbocycles. The summed E-state index contributed by atoms with van der Waals surface area (Å²) in [5.74, 6) is 0.0199. The molecule has 0 heterocycles. The lowest BCUT2D eigenvalue weighted by atomic mass is 9.83. The lowest BCUT2D eigenvalue weighted by Gasteiger charge is -2.26. The molecule has 110 valence electrons. The van der Waals surface area contributed by atoms with E-state index in [9.17, 15) is 4.79 Å². The number of rotatable bonds is 6. The zero-order valence-electron chi connectivity index (χ0n) is 12.3. The molecular formula is C16H24N2O2. The number of nitrogens with one attached hydrogen (secondary N) is 1. The molecule has 1 fully saturated rings. The first kappa shape index (κ1) is 14.9. The number of nitrogens with two attached hydrogens (primary N) is 1. The fraction of sp³-hybridized carbons (Fsp3) is 0.562. The lowest BCUT2D eigenvalue weighted by molar-refractivity contribution is -0.126. The second-order valence-corrected chi connectivity index (χ2v) is 6.40. The summed E-state index contributed by atoms with van der Waals surface area (Å²) in [7, 11) is 0. The summed E-state index contributed by atoms with van der Waals surface area (Å²) in [5.41, 5.74) is 6.89. The minimum Gasteiger partial charge on any atom is -0.399 e. The van der Waals surface area contributed by atoms with Crippen molar-refractivity contribution in [3.8, 4) is 0 Å². The van der Waals surface area contributed by atoms with Gasteiger partial charge >= 0.3 is 0 Å². The van der Waals surface area contributed by atoms with Gasteiger partial charge in [-0.2, -0.15) is 0 Å². The number of aliphatic hydroxyl groups excluding tert-OH is 1. The van der Waals surface area contributed by atoms with E-state index in [4.69, 9.17) is 10.8 Å². The van der Waals surface area contributed by atoms with Crippen LogP contribution in [-0.2, 0) is 10.2 Å². The van der Waals surface area contributed by atoms with Gasteiger partial charge in [0.05, 0.1) is 5.41 Å². The summed E-state index contributed by atoms with van der Waals surface area (Å²) in [6.07, 6.45) is 2.96. The zero-order valence-corrected chi connectivity index (χ0v) is 12.3. The van der Waals surface area contributed by atoms with Crippen LogP contribution in [0.1, 0.15) is 38.7 Å². The number of carbonyl (C=O) groups is 1. The predicted molar refractivity (Wildman–Crippen MR) is 80.3 cm³/mol. The molecule has 0 spiro atoms. The number of hydrogen-bond donors (Lipinski definition) is 3. The van der Waals surface area contributed by atoms with Crippen molar-refractivity contribution >= 4 is 11.6 Å². The topological polar surface area (TPSA) is 75.3 Å². The van der Waals surface area contributed by atoms with Crippen LogP contribution in [0.2, 0.25) is 0 Å². The molecule has 1 aliphatic rings. The molecule has 0 saturated heterocycles. The highest BCUT2D eigenvalue weighted by Gasteiger charge is 2.42. The molecule has 1 aromatic carbocycles. The van der Waals surface area contributed by atoms with Crippen LogP contribution < -0.4 is 11.1 Å². The Kier molecular flexibility index (Phi) is 4.04. The van der Waals surface area contributed by atoms with Gasteiger partial charge in [-0.3, -0.25) is 4.79 Å². The third kappa shape index (κ3) is 3.12. The molecule has 0 aromatic heterocycles. The lowest BCUT2D eigenvalue weighted by Crippen LogP contribution is -2.42. The number of anilines is 1. The van der Waals surface area contributed by atoms with Crippen molar-refractivity contribution in [3.63, 3.8) is 0 Å². The molecule has 0 bridgehead atoms. The van der Waals surface area contributed by atoms with Crippen molar-refractivity contribution in [2.45, 2.75) is 38.5 Å². The average Bonchev–Trinajstić information content (AvgIpc) is 3.17. The summed E-state index contributed by atoms with van der Waals surface area (Å²) in [6.45, 7) is 4.68. The normalized spacial score (nSPS) is 16.8. The number of nitrogen functional groups attached to an aromatic ring is 1. The molecule has 0 radical (unpaired) electrons. The number of amides is 1. The molecule has 20 heavy (non-hydrogen) atoms. The number of hydrogen-bond acceptors (Lipinski definition) is 3. The first-order valence-corrected chi connectivity index (χ1v) is 7.15. The molecule has 1 amide bonds. The summed E-state index contributed by atoms with van der Waals surface area (Å²) in [5, 5.41) is 12.1. The highest BCUT2D eigenvalue weighted by atomic mass is 16.3. The summed E-state index contributed by atoms with van der Waals surface area (Å²) < 4.78 is 0. The van der Waals surface area contributed by atoms with E-state index in [1.807, 2.05) is 38.1 Å². The first-order valence-electron chi connectivity index (χ1n) is 7.15. The van der Waals surface area contributed by atoms with Crippen LogP contribution in [0, 0.1) is 5.41 Å². The summed E-state index contributed by atoms with van der Waals surface area (Å²) >= 11 is 0. The maximum atomic E-state index is 12.4. The standard InChI is InChI=1S/C16H24N2O2/c1-15(2,12-3-5-13(17)6-4-12)14(20)18-11-16(7-8-16)9-10-19/h3-6,19H,7-11,17H2,1-2H3,(H,18,20). The van der Waals surface area contributed by atoms with Crippen LogP contribution in [0.5, 0.6) is 0 Å². The van der Waals surface area contributed by atoms with Gasteiger partial charge in [-0.25, -0.2) is 0 Å². The second kappa shape index (κ2) is 5.44. The van der Waals surface area contributed by atoms with E-state index in [0.29, 0.717) is 12.2 Å². The largest absolute Gasteiger partial charge is 0.399 e. The number of aliphatic hydroxyl groups is 1.